The Kier molecular flexibility index (Phi) is 4.91. The van der Waals surface area contributed by atoms with Gasteiger partial charge in [0.05, 0.1) is 11.7 Å². The Morgan fingerprint density at radius 3 is 2.35 bits per heavy atom. The minimum Gasteiger partial charge on any atom is -0.271 e. The summed E-state index contributed by atoms with van der Waals surface area (Å²) in [4.78, 5) is 4.43. The molecule has 0 saturated heterocycles. The molecule has 20 heavy (non-hydrogen) atoms. The van der Waals surface area contributed by atoms with Gasteiger partial charge in [-0.3, -0.25) is 16.3 Å². The molecule has 0 fully saturated rings. The first-order valence-electron chi connectivity index (χ1n) is 6.65. The Bertz CT molecular complexity index is 570. The minimum absolute atomic E-state index is 0.0169. The zero-order valence-electron chi connectivity index (χ0n) is 12.1. The van der Waals surface area contributed by atoms with Gasteiger partial charge in [0.15, 0.2) is 0 Å². The van der Waals surface area contributed by atoms with Gasteiger partial charge in [-0.05, 0) is 71.9 Å². The minimum atomic E-state index is 0.0169. The maximum atomic E-state index is 5.72. The number of hydrazine groups is 1. The molecule has 0 bridgehead atoms. The van der Waals surface area contributed by atoms with Gasteiger partial charge in [0.25, 0.3) is 0 Å². The molecule has 4 heteroatoms. The zero-order valence-corrected chi connectivity index (χ0v) is 13.7. The van der Waals surface area contributed by atoms with E-state index in [0.29, 0.717) is 0 Å². The number of hydrogen-bond acceptors (Lipinski definition) is 3. The largest absolute Gasteiger partial charge is 0.271 e. The van der Waals surface area contributed by atoms with Gasteiger partial charge in [0, 0.05) is 10.7 Å². The Morgan fingerprint density at radius 1 is 1.20 bits per heavy atom. The summed E-state index contributed by atoms with van der Waals surface area (Å²) >= 11 is 3.40. The maximum absolute atomic E-state index is 5.72. The molecular formula is C16H20BrN3. The molecule has 106 valence electrons. The van der Waals surface area contributed by atoms with Crippen LogP contribution in [0.2, 0.25) is 0 Å². The van der Waals surface area contributed by atoms with Crippen molar-refractivity contribution < 1.29 is 0 Å². The van der Waals surface area contributed by atoms with Crippen LogP contribution in [0.15, 0.2) is 34.9 Å². The van der Waals surface area contributed by atoms with Crippen LogP contribution in [-0.2, 0) is 6.42 Å². The molecular weight excluding hydrogens is 314 g/mol. The van der Waals surface area contributed by atoms with Crippen molar-refractivity contribution in [3.05, 3.63) is 62.9 Å². The molecule has 1 atom stereocenters. The highest BCUT2D eigenvalue weighted by molar-refractivity contribution is 9.10. The van der Waals surface area contributed by atoms with Gasteiger partial charge in [-0.25, -0.2) is 0 Å². The summed E-state index contributed by atoms with van der Waals surface area (Å²) in [7, 11) is 0. The number of nitrogens with two attached hydrogens (primary N) is 1. The highest BCUT2D eigenvalue weighted by Gasteiger charge is 2.15. The van der Waals surface area contributed by atoms with Crippen molar-refractivity contribution in [2.45, 2.75) is 33.2 Å². The second-order valence-corrected chi connectivity index (χ2v) is 6.12. The van der Waals surface area contributed by atoms with Crippen molar-refractivity contribution in [2.75, 3.05) is 0 Å². The van der Waals surface area contributed by atoms with E-state index in [1.165, 1.54) is 22.3 Å². The van der Waals surface area contributed by atoms with Crippen LogP contribution < -0.4 is 11.3 Å². The van der Waals surface area contributed by atoms with Crippen LogP contribution in [0.3, 0.4) is 0 Å². The number of aryl methyl sites for hydroxylation is 3. The van der Waals surface area contributed by atoms with Gasteiger partial charge in [0.1, 0.15) is 0 Å². The van der Waals surface area contributed by atoms with E-state index in [1.807, 2.05) is 12.1 Å². The van der Waals surface area contributed by atoms with E-state index in [2.05, 4.69) is 59.2 Å². The number of pyridine rings is 1. The summed E-state index contributed by atoms with van der Waals surface area (Å²) in [6.45, 7) is 6.43. The smallest absolute Gasteiger partial charge is 0.0672 e. The van der Waals surface area contributed by atoms with Crippen LogP contribution >= 0.6 is 15.9 Å². The van der Waals surface area contributed by atoms with E-state index in [9.17, 15) is 0 Å². The second kappa shape index (κ2) is 6.48. The van der Waals surface area contributed by atoms with Crippen LogP contribution in [0.5, 0.6) is 0 Å². The topological polar surface area (TPSA) is 50.9 Å². The Labute approximate surface area is 128 Å². The third-order valence-corrected chi connectivity index (χ3v) is 4.03. The predicted molar refractivity (Wildman–Crippen MR) is 86.4 cm³/mol. The van der Waals surface area contributed by atoms with Gasteiger partial charge in [-0.2, -0.15) is 0 Å². The van der Waals surface area contributed by atoms with E-state index in [4.69, 9.17) is 5.84 Å². The molecule has 0 aliphatic heterocycles. The Balaban J connectivity index is 2.29. The monoisotopic (exact) mass is 333 g/mol. The van der Waals surface area contributed by atoms with Gasteiger partial charge < -0.3 is 0 Å². The number of halogens is 1. The third-order valence-electron chi connectivity index (χ3n) is 3.56. The zero-order chi connectivity index (χ0) is 14.7. The number of rotatable bonds is 4. The van der Waals surface area contributed by atoms with E-state index < -0.39 is 0 Å². The molecule has 0 aliphatic carbocycles. The molecule has 0 amide bonds. The molecule has 0 aliphatic rings. The molecule has 2 aromatic rings. The first-order valence-corrected chi connectivity index (χ1v) is 7.45. The maximum Gasteiger partial charge on any atom is 0.0672 e. The first kappa shape index (κ1) is 15.2. The quantitative estimate of drug-likeness (QED) is 0.664. The highest BCUT2D eigenvalue weighted by Crippen LogP contribution is 2.23. The van der Waals surface area contributed by atoms with E-state index in [0.717, 1.165) is 16.6 Å². The summed E-state index contributed by atoms with van der Waals surface area (Å²) in [6, 6.07) is 8.42. The lowest BCUT2D eigenvalue weighted by Gasteiger charge is -2.19. The van der Waals surface area contributed by atoms with Crippen molar-refractivity contribution in [1.82, 2.24) is 10.4 Å². The first-order chi connectivity index (χ1) is 9.51. The van der Waals surface area contributed by atoms with Gasteiger partial charge in [-0.15, -0.1) is 0 Å². The van der Waals surface area contributed by atoms with E-state index >= 15 is 0 Å². The molecule has 3 N–H and O–H groups in total. The molecule has 0 radical (unpaired) electrons. The van der Waals surface area contributed by atoms with Crippen LogP contribution in [-0.4, -0.2) is 4.98 Å². The van der Waals surface area contributed by atoms with Crippen molar-refractivity contribution >= 4 is 15.9 Å². The highest BCUT2D eigenvalue weighted by atomic mass is 79.9. The molecule has 1 unspecified atom stereocenters. The van der Waals surface area contributed by atoms with E-state index in [-0.39, 0.29) is 6.04 Å². The van der Waals surface area contributed by atoms with Crippen molar-refractivity contribution in [3.63, 3.8) is 0 Å². The third kappa shape index (κ3) is 3.45. The van der Waals surface area contributed by atoms with Crippen LogP contribution in [0.1, 0.15) is 34.0 Å². The lowest BCUT2D eigenvalue weighted by molar-refractivity contribution is 0.536. The lowest BCUT2D eigenvalue weighted by Crippen LogP contribution is -2.30. The standard InChI is InChI=1S/C16H20BrN3/c1-10-6-11(2)14(12(3)7-10)8-16(20-18)15-5-4-13(17)9-19-15/h4-7,9,16,20H,8,18H2,1-3H3. The van der Waals surface area contributed by atoms with Gasteiger partial charge in [0.2, 0.25) is 0 Å². The summed E-state index contributed by atoms with van der Waals surface area (Å²) < 4.78 is 0.972. The molecule has 0 saturated carbocycles. The van der Waals surface area contributed by atoms with Crippen molar-refractivity contribution in [3.8, 4) is 0 Å². The average molecular weight is 334 g/mol. The molecule has 1 aromatic heterocycles. The SMILES string of the molecule is Cc1cc(C)c(CC(NN)c2ccc(Br)cn2)c(C)c1. The van der Waals surface area contributed by atoms with Gasteiger partial charge >= 0.3 is 0 Å². The van der Waals surface area contributed by atoms with Crippen molar-refractivity contribution in [2.24, 2.45) is 5.84 Å². The Hall–Kier alpha value is -1.23. The predicted octanol–water partition coefficient (Wildman–Crippen LogP) is 3.52. The molecule has 3 nitrogen and oxygen atoms in total. The fourth-order valence-corrected chi connectivity index (χ4v) is 2.81. The number of hydrogen-bond donors (Lipinski definition) is 2. The lowest BCUT2D eigenvalue weighted by atomic mass is 9.93. The Morgan fingerprint density at radius 2 is 1.85 bits per heavy atom. The van der Waals surface area contributed by atoms with Crippen LogP contribution in [0.4, 0.5) is 0 Å². The number of benzene rings is 1. The molecule has 1 aromatic carbocycles. The number of aromatic nitrogens is 1. The van der Waals surface area contributed by atoms with Gasteiger partial charge in [-0.1, -0.05) is 17.7 Å². The van der Waals surface area contributed by atoms with E-state index in [1.54, 1.807) is 6.20 Å². The number of nitrogens with one attached hydrogen (secondary N) is 1. The average Bonchev–Trinajstić information content (AvgIpc) is 2.39. The number of nitrogens with zero attached hydrogens (tertiary/aromatic N) is 1. The normalized spacial score (nSPS) is 12.4. The fraction of sp³-hybridized carbons (Fsp3) is 0.312. The fourth-order valence-electron chi connectivity index (χ4n) is 2.58. The summed E-state index contributed by atoms with van der Waals surface area (Å²) in [5.41, 5.74) is 9.07. The van der Waals surface area contributed by atoms with Crippen molar-refractivity contribution in [1.29, 1.82) is 0 Å². The second-order valence-electron chi connectivity index (χ2n) is 5.20. The van der Waals surface area contributed by atoms with Crippen LogP contribution in [0, 0.1) is 20.8 Å². The molecule has 0 spiro atoms. The molecule has 1 heterocycles. The summed E-state index contributed by atoms with van der Waals surface area (Å²) in [5, 5.41) is 0. The summed E-state index contributed by atoms with van der Waals surface area (Å²) in [5.74, 6) is 5.72. The van der Waals surface area contributed by atoms with Crippen LogP contribution in [0.25, 0.3) is 0 Å². The molecule has 2 rings (SSSR count). The summed E-state index contributed by atoms with van der Waals surface area (Å²) in [6.07, 6.45) is 2.64.